The SMILES string of the molecule is COc1ccc([C@@H](N)CF)cc1O.Cl. The minimum Gasteiger partial charge on any atom is -0.504 e. The Balaban J connectivity index is 0.00000169. The third-order valence-electron chi connectivity index (χ3n) is 1.80. The molecule has 3 nitrogen and oxygen atoms in total. The zero-order valence-electron chi connectivity index (χ0n) is 7.74. The molecule has 0 spiro atoms. The molecule has 0 saturated carbocycles. The van der Waals surface area contributed by atoms with E-state index >= 15 is 0 Å². The van der Waals surface area contributed by atoms with E-state index in [0.29, 0.717) is 11.3 Å². The Morgan fingerprint density at radius 1 is 1.57 bits per heavy atom. The summed E-state index contributed by atoms with van der Waals surface area (Å²) in [6.07, 6.45) is 0. The van der Waals surface area contributed by atoms with Gasteiger partial charge < -0.3 is 15.6 Å². The van der Waals surface area contributed by atoms with Gasteiger partial charge in [-0.05, 0) is 17.7 Å². The van der Waals surface area contributed by atoms with Crippen molar-refractivity contribution in [3.05, 3.63) is 23.8 Å². The summed E-state index contributed by atoms with van der Waals surface area (Å²) in [5, 5.41) is 9.33. The standard InChI is InChI=1S/C9H12FNO2.ClH/c1-13-9-3-2-6(4-8(9)12)7(11)5-10;/h2-4,7,12H,5,11H2,1H3;1H/t7-;/m0./s1. The quantitative estimate of drug-likeness (QED) is 0.818. The van der Waals surface area contributed by atoms with Gasteiger partial charge in [-0.15, -0.1) is 12.4 Å². The molecule has 80 valence electrons. The number of hydrogen-bond donors (Lipinski definition) is 2. The number of halogens is 2. The summed E-state index contributed by atoms with van der Waals surface area (Å²) in [7, 11) is 1.45. The van der Waals surface area contributed by atoms with Crippen LogP contribution in [-0.2, 0) is 0 Å². The minimum atomic E-state index is -0.684. The lowest BCUT2D eigenvalue weighted by Gasteiger charge is -2.09. The molecule has 0 heterocycles. The topological polar surface area (TPSA) is 55.5 Å². The van der Waals surface area contributed by atoms with E-state index in [0.717, 1.165) is 0 Å². The van der Waals surface area contributed by atoms with Gasteiger partial charge in [-0.25, -0.2) is 4.39 Å². The van der Waals surface area contributed by atoms with Gasteiger partial charge in [-0.3, -0.25) is 0 Å². The fraction of sp³-hybridized carbons (Fsp3) is 0.333. The summed E-state index contributed by atoms with van der Waals surface area (Å²) in [6.45, 7) is -0.647. The molecule has 0 amide bonds. The molecule has 1 aromatic rings. The number of rotatable bonds is 3. The molecule has 0 unspecified atom stereocenters. The van der Waals surface area contributed by atoms with Crippen LogP contribution in [0.4, 0.5) is 4.39 Å². The summed E-state index contributed by atoms with van der Waals surface area (Å²) < 4.78 is 17.0. The second-order valence-electron chi connectivity index (χ2n) is 2.69. The lowest BCUT2D eigenvalue weighted by Crippen LogP contribution is -2.11. The highest BCUT2D eigenvalue weighted by Gasteiger charge is 2.08. The van der Waals surface area contributed by atoms with Crippen LogP contribution in [0.5, 0.6) is 11.5 Å². The second-order valence-corrected chi connectivity index (χ2v) is 2.69. The van der Waals surface area contributed by atoms with Crippen molar-refractivity contribution in [2.24, 2.45) is 5.73 Å². The number of nitrogens with two attached hydrogens (primary N) is 1. The molecular formula is C9H13ClFNO2. The van der Waals surface area contributed by atoms with Crippen LogP contribution in [0.25, 0.3) is 0 Å². The minimum absolute atomic E-state index is 0. The Morgan fingerprint density at radius 2 is 2.21 bits per heavy atom. The van der Waals surface area contributed by atoms with Gasteiger partial charge in [0.1, 0.15) is 6.67 Å². The monoisotopic (exact) mass is 221 g/mol. The van der Waals surface area contributed by atoms with Crippen LogP contribution >= 0.6 is 12.4 Å². The molecule has 1 aromatic carbocycles. The largest absolute Gasteiger partial charge is 0.504 e. The zero-order valence-corrected chi connectivity index (χ0v) is 8.55. The van der Waals surface area contributed by atoms with Crippen molar-refractivity contribution in [3.63, 3.8) is 0 Å². The number of methoxy groups -OCH3 is 1. The summed E-state index contributed by atoms with van der Waals surface area (Å²) in [6, 6.07) is 3.91. The van der Waals surface area contributed by atoms with Gasteiger partial charge in [0.25, 0.3) is 0 Å². The fourth-order valence-electron chi connectivity index (χ4n) is 1.03. The zero-order chi connectivity index (χ0) is 9.84. The van der Waals surface area contributed by atoms with Crippen LogP contribution in [0.15, 0.2) is 18.2 Å². The van der Waals surface area contributed by atoms with E-state index in [1.807, 2.05) is 0 Å². The lowest BCUT2D eigenvalue weighted by molar-refractivity contribution is 0.371. The van der Waals surface area contributed by atoms with Crippen LogP contribution in [0.3, 0.4) is 0 Å². The highest BCUT2D eigenvalue weighted by molar-refractivity contribution is 5.85. The highest BCUT2D eigenvalue weighted by Crippen LogP contribution is 2.28. The predicted molar refractivity (Wildman–Crippen MR) is 54.8 cm³/mol. The lowest BCUT2D eigenvalue weighted by atomic mass is 10.1. The number of ether oxygens (including phenoxy) is 1. The van der Waals surface area contributed by atoms with E-state index in [2.05, 4.69) is 0 Å². The Kier molecular flexibility index (Phi) is 5.27. The van der Waals surface area contributed by atoms with Crippen molar-refractivity contribution >= 4 is 12.4 Å². The molecule has 0 bridgehead atoms. The molecule has 0 saturated heterocycles. The van der Waals surface area contributed by atoms with Crippen molar-refractivity contribution < 1.29 is 14.2 Å². The van der Waals surface area contributed by atoms with Crippen molar-refractivity contribution in [2.75, 3.05) is 13.8 Å². The van der Waals surface area contributed by atoms with Crippen molar-refractivity contribution in [1.29, 1.82) is 0 Å². The first-order chi connectivity index (χ1) is 6.19. The number of alkyl halides is 1. The molecule has 1 atom stereocenters. The van der Waals surface area contributed by atoms with Crippen molar-refractivity contribution in [1.82, 2.24) is 0 Å². The number of hydrogen-bond acceptors (Lipinski definition) is 3. The number of aromatic hydroxyl groups is 1. The normalized spacial score (nSPS) is 11.6. The second kappa shape index (κ2) is 5.67. The number of phenols is 1. The van der Waals surface area contributed by atoms with E-state index in [9.17, 15) is 9.50 Å². The van der Waals surface area contributed by atoms with Crippen LogP contribution in [0.1, 0.15) is 11.6 Å². The van der Waals surface area contributed by atoms with Crippen LogP contribution < -0.4 is 10.5 Å². The molecule has 0 aliphatic heterocycles. The molecular weight excluding hydrogens is 209 g/mol. The molecule has 0 radical (unpaired) electrons. The Morgan fingerprint density at radius 3 is 2.64 bits per heavy atom. The van der Waals surface area contributed by atoms with Gasteiger partial charge in [0.05, 0.1) is 13.2 Å². The number of benzene rings is 1. The first-order valence-electron chi connectivity index (χ1n) is 3.87. The maximum absolute atomic E-state index is 12.1. The van der Waals surface area contributed by atoms with E-state index in [-0.39, 0.29) is 18.2 Å². The number of phenolic OH excluding ortho intramolecular Hbond substituents is 1. The Labute approximate surface area is 88.1 Å². The average molecular weight is 222 g/mol. The molecule has 0 fully saturated rings. The molecule has 0 aliphatic carbocycles. The maximum Gasteiger partial charge on any atom is 0.160 e. The van der Waals surface area contributed by atoms with E-state index in [1.165, 1.54) is 13.2 Å². The van der Waals surface area contributed by atoms with Gasteiger partial charge in [0, 0.05) is 0 Å². The smallest absolute Gasteiger partial charge is 0.160 e. The molecule has 1 rings (SSSR count). The third-order valence-corrected chi connectivity index (χ3v) is 1.80. The van der Waals surface area contributed by atoms with E-state index in [1.54, 1.807) is 12.1 Å². The van der Waals surface area contributed by atoms with Crippen LogP contribution in [-0.4, -0.2) is 18.9 Å². The molecule has 0 aromatic heterocycles. The van der Waals surface area contributed by atoms with Crippen molar-refractivity contribution in [2.45, 2.75) is 6.04 Å². The predicted octanol–water partition coefficient (Wildman–Crippen LogP) is 1.79. The Hall–Kier alpha value is -1.00. The summed E-state index contributed by atoms with van der Waals surface area (Å²) >= 11 is 0. The summed E-state index contributed by atoms with van der Waals surface area (Å²) in [4.78, 5) is 0. The third kappa shape index (κ3) is 2.75. The average Bonchev–Trinajstić information content (AvgIpc) is 2.16. The van der Waals surface area contributed by atoms with Gasteiger partial charge >= 0.3 is 0 Å². The van der Waals surface area contributed by atoms with Crippen LogP contribution in [0, 0.1) is 0 Å². The molecule has 5 heteroatoms. The summed E-state index contributed by atoms with van der Waals surface area (Å²) in [5.74, 6) is 0.332. The van der Waals surface area contributed by atoms with Crippen LogP contribution in [0.2, 0.25) is 0 Å². The van der Waals surface area contributed by atoms with E-state index < -0.39 is 12.7 Å². The summed E-state index contributed by atoms with van der Waals surface area (Å²) in [5.41, 5.74) is 5.98. The fourth-order valence-corrected chi connectivity index (χ4v) is 1.03. The molecule has 0 aliphatic rings. The van der Waals surface area contributed by atoms with Crippen molar-refractivity contribution in [3.8, 4) is 11.5 Å². The van der Waals surface area contributed by atoms with Gasteiger partial charge in [0.15, 0.2) is 11.5 Å². The highest BCUT2D eigenvalue weighted by atomic mass is 35.5. The Bertz CT molecular complexity index is 296. The maximum atomic E-state index is 12.1. The van der Waals surface area contributed by atoms with Gasteiger partial charge in [0.2, 0.25) is 0 Å². The van der Waals surface area contributed by atoms with Gasteiger partial charge in [-0.2, -0.15) is 0 Å². The first-order valence-corrected chi connectivity index (χ1v) is 3.87. The molecule has 3 N–H and O–H groups in total. The molecule has 14 heavy (non-hydrogen) atoms. The first kappa shape index (κ1) is 13.0. The van der Waals surface area contributed by atoms with E-state index in [4.69, 9.17) is 10.5 Å². The van der Waals surface area contributed by atoms with Gasteiger partial charge in [-0.1, -0.05) is 6.07 Å².